The van der Waals surface area contributed by atoms with E-state index in [1.54, 1.807) is 0 Å². The van der Waals surface area contributed by atoms with Crippen LogP contribution in [0.3, 0.4) is 0 Å². The van der Waals surface area contributed by atoms with Crippen molar-refractivity contribution in [2.75, 3.05) is 19.7 Å². The van der Waals surface area contributed by atoms with Gasteiger partial charge in [-0.25, -0.2) is 0 Å². The number of hydrogen-bond donors (Lipinski definition) is 2. The Kier molecular flexibility index (Phi) is 4.86. The van der Waals surface area contributed by atoms with Crippen LogP contribution in [0.5, 0.6) is 5.75 Å². The smallest absolute Gasteiger partial charge is 0.270 e. The molecule has 0 radical (unpaired) electrons. The molecule has 0 aliphatic carbocycles. The lowest BCUT2D eigenvalue weighted by Crippen LogP contribution is -2.38. The van der Waals surface area contributed by atoms with E-state index >= 15 is 0 Å². The predicted molar refractivity (Wildman–Crippen MR) is 105 cm³/mol. The quantitative estimate of drug-likeness (QED) is 0.743. The molecule has 1 unspecified atom stereocenters. The number of aliphatic hydroxyl groups is 1. The van der Waals surface area contributed by atoms with Crippen LogP contribution in [0.2, 0.25) is 0 Å². The summed E-state index contributed by atoms with van der Waals surface area (Å²) in [6.07, 6.45) is 1.88. The van der Waals surface area contributed by atoms with E-state index in [4.69, 9.17) is 4.74 Å². The number of carbonyl (C=O) groups is 1. The van der Waals surface area contributed by atoms with Gasteiger partial charge in [-0.15, -0.1) is 0 Å². The molecule has 1 aromatic heterocycles. The van der Waals surface area contributed by atoms with Crippen LogP contribution in [0.4, 0.5) is 0 Å². The molecule has 5 nitrogen and oxygen atoms in total. The zero-order valence-electron chi connectivity index (χ0n) is 15.2. The van der Waals surface area contributed by atoms with Gasteiger partial charge >= 0.3 is 0 Å². The van der Waals surface area contributed by atoms with E-state index in [9.17, 15) is 9.90 Å². The van der Waals surface area contributed by atoms with Crippen molar-refractivity contribution >= 4 is 16.8 Å². The summed E-state index contributed by atoms with van der Waals surface area (Å²) in [7, 11) is 0. The van der Waals surface area contributed by atoms with Gasteiger partial charge in [0.05, 0.1) is 0 Å². The van der Waals surface area contributed by atoms with Crippen LogP contribution in [0, 0.1) is 0 Å². The van der Waals surface area contributed by atoms with Crippen LogP contribution >= 0.6 is 0 Å². The Hall–Kier alpha value is -2.79. The number of carbonyl (C=O) groups excluding carboxylic acids is 1. The van der Waals surface area contributed by atoms with Crippen molar-refractivity contribution in [2.45, 2.75) is 24.9 Å². The Bertz CT molecular complexity index is 888. The number of ether oxygens (including phenoxy) is 1. The molecule has 2 N–H and O–H groups in total. The van der Waals surface area contributed by atoms with Crippen molar-refractivity contribution < 1.29 is 14.6 Å². The number of fused-ring (bicyclic) bond motifs is 1. The van der Waals surface area contributed by atoms with Crippen LogP contribution in [0.1, 0.15) is 29.8 Å². The number of rotatable bonds is 4. The van der Waals surface area contributed by atoms with Crippen LogP contribution < -0.4 is 4.74 Å². The molecule has 2 aromatic carbocycles. The number of para-hydroxylation sites is 2. The Morgan fingerprint density at radius 2 is 1.85 bits per heavy atom. The second kappa shape index (κ2) is 7.45. The number of hydrogen-bond acceptors (Lipinski definition) is 3. The molecule has 1 amide bonds. The molecule has 0 bridgehead atoms. The summed E-state index contributed by atoms with van der Waals surface area (Å²) in [6, 6.07) is 19.3. The molecule has 1 saturated heterocycles. The molecule has 1 aliphatic heterocycles. The zero-order chi connectivity index (χ0) is 18.7. The van der Waals surface area contributed by atoms with Gasteiger partial charge in [-0.05, 0) is 43.5 Å². The van der Waals surface area contributed by atoms with Crippen molar-refractivity contribution in [3.05, 3.63) is 66.4 Å². The molecule has 4 rings (SSSR count). The normalized spacial score (nSPS) is 20.4. The maximum Gasteiger partial charge on any atom is 0.270 e. The Morgan fingerprint density at radius 1 is 1.07 bits per heavy atom. The molecule has 0 saturated carbocycles. The van der Waals surface area contributed by atoms with E-state index in [1.807, 2.05) is 65.6 Å². The standard InChI is InChI=1S/C22H24N2O3/c25-21(20-15-17-7-4-5-10-19(17)23-20)24-13-6-11-22(26,12-14-24)16-27-18-8-2-1-3-9-18/h1-5,7-10,15,23,26H,6,11-14,16H2. The van der Waals surface area contributed by atoms with Gasteiger partial charge in [0.25, 0.3) is 5.91 Å². The molecule has 1 aliphatic rings. The SMILES string of the molecule is O=C(c1cc2ccccc2[nH]1)N1CCCC(O)(COc2ccccc2)CC1. The zero-order valence-corrected chi connectivity index (χ0v) is 15.2. The number of amides is 1. The number of nitrogens with zero attached hydrogens (tertiary/aromatic N) is 1. The Labute approximate surface area is 158 Å². The molecular formula is C22H24N2O3. The fourth-order valence-corrected chi connectivity index (χ4v) is 3.62. The Morgan fingerprint density at radius 3 is 2.67 bits per heavy atom. The van der Waals surface area contributed by atoms with Crippen molar-refractivity contribution in [3.63, 3.8) is 0 Å². The molecule has 0 spiro atoms. The topological polar surface area (TPSA) is 65.6 Å². The lowest BCUT2D eigenvalue weighted by atomic mass is 9.96. The average molecular weight is 364 g/mol. The highest BCUT2D eigenvalue weighted by Gasteiger charge is 2.33. The highest BCUT2D eigenvalue weighted by molar-refractivity contribution is 5.98. The van der Waals surface area contributed by atoms with Gasteiger partial charge in [-0.2, -0.15) is 0 Å². The minimum atomic E-state index is -0.911. The number of likely N-dealkylation sites (tertiary alicyclic amines) is 1. The van der Waals surface area contributed by atoms with E-state index in [2.05, 4.69) is 4.98 Å². The van der Waals surface area contributed by atoms with Gasteiger partial charge < -0.3 is 19.7 Å². The van der Waals surface area contributed by atoms with Crippen LogP contribution in [-0.2, 0) is 0 Å². The van der Waals surface area contributed by atoms with Gasteiger partial charge in [0.2, 0.25) is 0 Å². The summed E-state index contributed by atoms with van der Waals surface area (Å²) >= 11 is 0. The van der Waals surface area contributed by atoms with Crippen molar-refractivity contribution in [1.82, 2.24) is 9.88 Å². The lowest BCUT2D eigenvalue weighted by Gasteiger charge is -2.27. The largest absolute Gasteiger partial charge is 0.491 e. The van der Waals surface area contributed by atoms with Gasteiger partial charge in [0, 0.05) is 24.0 Å². The fraction of sp³-hybridized carbons (Fsp3) is 0.318. The molecular weight excluding hydrogens is 340 g/mol. The number of aromatic nitrogens is 1. The second-order valence-electron chi connectivity index (χ2n) is 7.24. The maximum absolute atomic E-state index is 12.9. The summed E-state index contributed by atoms with van der Waals surface area (Å²) in [5, 5.41) is 12.0. The summed E-state index contributed by atoms with van der Waals surface area (Å²) in [5.41, 5.74) is 0.649. The number of H-pyrrole nitrogens is 1. The molecule has 3 aromatic rings. The highest BCUT2D eigenvalue weighted by atomic mass is 16.5. The molecule has 5 heteroatoms. The maximum atomic E-state index is 12.9. The summed E-state index contributed by atoms with van der Waals surface area (Å²) in [5.74, 6) is 0.737. The second-order valence-corrected chi connectivity index (χ2v) is 7.24. The van der Waals surface area contributed by atoms with Crippen molar-refractivity contribution in [2.24, 2.45) is 0 Å². The van der Waals surface area contributed by atoms with Crippen molar-refractivity contribution in [3.8, 4) is 5.75 Å². The van der Waals surface area contributed by atoms with E-state index in [-0.39, 0.29) is 12.5 Å². The van der Waals surface area contributed by atoms with E-state index < -0.39 is 5.60 Å². The fourth-order valence-electron chi connectivity index (χ4n) is 3.62. The molecule has 27 heavy (non-hydrogen) atoms. The van der Waals surface area contributed by atoms with E-state index in [0.717, 1.165) is 23.1 Å². The number of nitrogens with one attached hydrogen (secondary N) is 1. The first kappa shape index (κ1) is 17.6. The predicted octanol–water partition coefficient (Wildman–Crippen LogP) is 3.60. The highest BCUT2D eigenvalue weighted by Crippen LogP contribution is 2.25. The summed E-state index contributed by atoms with van der Waals surface area (Å²) < 4.78 is 5.76. The monoisotopic (exact) mass is 364 g/mol. The minimum Gasteiger partial charge on any atom is -0.491 e. The van der Waals surface area contributed by atoms with Crippen LogP contribution in [-0.4, -0.2) is 46.2 Å². The minimum absolute atomic E-state index is 0.0144. The Balaban J connectivity index is 1.40. The summed E-state index contributed by atoms with van der Waals surface area (Å²) in [4.78, 5) is 17.9. The third-order valence-corrected chi connectivity index (χ3v) is 5.22. The lowest BCUT2D eigenvalue weighted by molar-refractivity contribution is -0.0163. The average Bonchev–Trinajstić information content (AvgIpc) is 3.04. The number of aromatic amines is 1. The van der Waals surface area contributed by atoms with Crippen molar-refractivity contribution in [1.29, 1.82) is 0 Å². The first-order chi connectivity index (χ1) is 13.1. The molecule has 2 heterocycles. The molecule has 140 valence electrons. The first-order valence-electron chi connectivity index (χ1n) is 9.40. The molecule has 1 fully saturated rings. The van der Waals surface area contributed by atoms with Gasteiger partial charge in [-0.1, -0.05) is 36.4 Å². The third-order valence-electron chi connectivity index (χ3n) is 5.22. The number of benzene rings is 2. The molecule has 1 atom stereocenters. The third kappa shape index (κ3) is 3.98. The van der Waals surface area contributed by atoms with E-state index in [0.29, 0.717) is 31.6 Å². The van der Waals surface area contributed by atoms with Gasteiger partial charge in [-0.3, -0.25) is 4.79 Å². The van der Waals surface area contributed by atoms with E-state index in [1.165, 1.54) is 0 Å². The summed E-state index contributed by atoms with van der Waals surface area (Å²) in [6.45, 7) is 1.40. The first-order valence-corrected chi connectivity index (χ1v) is 9.40. The van der Waals surface area contributed by atoms with Crippen LogP contribution in [0.25, 0.3) is 10.9 Å². The van der Waals surface area contributed by atoms with Crippen LogP contribution in [0.15, 0.2) is 60.7 Å². The van der Waals surface area contributed by atoms with Gasteiger partial charge in [0.1, 0.15) is 23.7 Å². The van der Waals surface area contributed by atoms with Gasteiger partial charge in [0.15, 0.2) is 0 Å².